The molecular formula is C14H24N4OS. The van der Waals surface area contributed by atoms with Crippen LogP contribution >= 0.6 is 11.3 Å². The van der Waals surface area contributed by atoms with Gasteiger partial charge < -0.3 is 15.5 Å². The number of carbonyl (C=O) groups excluding carboxylic acids is 1. The van der Waals surface area contributed by atoms with Crippen LogP contribution in [0, 0.1) is 5.92 Å². The van der Waals surface area contributed by atoms with Crippen LogP contribution < -0.4 is 10.6 Å². The van der Waals surface area contributed by atoms with Crippen molar-refractivity contribution >= 4 is 23.2 Å². The first kappa shape index (κ1) is 16.5. The molecule has 1 aromatic heterocycles. The predicted octanol–water partition coefficient (Wildman–Crippen LogP) is 1.53. The van der Waals surface area contributed by atoms with E-state index in [4.69, 9.17) is 0 Å². The molecule has 5 nitrogen and oxygen atoms in total. The molecule has 0 saturated carbocycles. The van der Waals surface area contributed by atoms with E-state index in [1.165, 1.54) is 5.56 Å². The normalized spacial score (nSPS) is 11.6. The molecule has 112 valence electrons. The van der Waals surface area contributed by atoms with Crippen LogP contribution in [0.1, 0.15) is 19.4 Å². The summed E-state index contributed by atoms with van der Waals surface area (Å²) in [5, 5.41) is 10.4. The van der Waals surface area contributed by atoms with Gasteiger partial charge in [-0.25, -0.2) is 4.99 Å². The van der Waals surface area contributed by atoms with Crippen LogP contribution in [0.4, 0.5) is 0 Å². The zero-order chi connectivity index (χ0) is 15.0. The molecule has 1 aromatic rings. The lowest BCUT2D eigenvalue weighted by molar-refractivity contribution is -0.127. The van der Waals surface area contributed by atoms with Crippen LogP contribution in [0.3, 0.4) is 0 Å². The number of likely N-dealkylation sites (N-methyl/N-ethyl adjacent to an activating group) is 1. The van der Waals surface area contributed by atoms with E-state index in [9.17, 15) is 4.79 Å². The van der Waals surface area contributed by atoms with E-state index in [-0.39, 0.29) is 12.5 Å². The van der Waals surface area contributed by atoms with E-state index in [2.05, 4.69) is 40.9 Å². The van der Waals surface area contributed by atoms with E-state index in [1.54, 1.807) is 30.3 Å². The Bertz CT molecular complexity index is 426. The van der Waals surface area contributed by atoms with Crippen LogP contribution in [-0.2, 0) is 11.3 Å². The van der Waals surface area contributed by atoms with Gasteiger partial charge in [0.05, 0.1) is 13.1 Å². The van der Waals surface area contributed by atoms with Crippen molar-refractivity contribution in [3.8, 4) is 0 Å². The largest absolute Gasteiger partial charge is 0.356 e. The molecule has 0 unspecified atom stereocenters. The van der Waals surface area contributed by atoms with Crippen LogP contribution in [0.5, 0.6) is 0 Å². The Hall–Kier alpha value is -1.56. The lowest BCUT2D eigenvalue weighted by Gasteiger charge is -2.15. The lowest BCUT2D eigenvalue weighted by Crippen LogP contribution is -2.43. The highest BCUT2D eigenvalue weighted by molar-refractivity contribution is 7.07. The Morgan fingerprint density at radius 1 is 1.40 bits per heavy atom. The summed E-state index contributed by atoms with van der Waals surface area (Å²) in [7, 11) is 3.49. The van der Waals surface area contributed by atoms with Gasteiger partial charge >= 0.3 is 0 Å². The average Bonchev–Trinajstić information content (AvgIpc) is 2.90. The maximum Gasteiger partial charge on any atom is 0.241 e. The van der Waals surface area contributed by atoms with Gasteiger partial charge in [-0.05, 0) is 28.3 Å². The van der Waals surface area contributed by atoms with Gasteiger partial charge in [0.15, 0.2) is 5.96 Å². The molecule has 0 aliphatic rings. The molecule has 0 aromatic carbocycles. The summed E-state index contributed by atoms with van der Waals surface area (Å²) in [5.74, 6) is 1.23. The zero-order valence-corrected chi connectivity index (χ0v) is 13.5. The van der Waals surface area contributed by atoms with Crippen molar-refractivity contribution in [1.82, 2.24) is 15.5 Å². The van der Waals surface area contributed by atoms with E-state index in [1.807, 2.05) is 5.38 Å². The van der Waals surface area contributed by atoms with Gasteiger partial charge in [-0.15, -0.1) is 0 Å². The van der Waals surface area contributed by atoms with Crippen molar-refractivity contribution in [2.24, 2.45) is 10.9 Å². The molecular weight excluding hydrogens is 272 g/mol. The number of hydrogen-bond acceptors (Lipinski definition) is 3. The Balaban J connectivity index is 2.54. The van der Waals surface area contributed by atoms with Crippen molar-refractivity contribution in [3.05, 3.63) is 22.4 Å². The number of guanidine groups is 1. The van der Waals surface area contributed by atoms with Crippen LogP contribution in [0.2, 0.25) is 0 Å². The Morgan fingerprint density at radius 2 is 2.15 bits per heavy atom. The number of carbonyl (C=O) groups is 1. The van der Waals surface area contributed by atoms with E-state index >= 15 is 0 Å². The molecule has 0 aliphatic carbocycles. The fourth-order valence-electron chi connectivity index (χ4n) is 1.35. The third kappa shape index (κ3) is 6.56. The monoisotopic (exact) mass is 296 g/mol. The van der Waals surface area contributed by atoms with Gasteiger partial charge in [0, 0.05) is 20.6 Å². The summed E-state index contributed by atoms with van der Waals surface area (Å²) in [4.78, 5) is 17.7. The summed E-state index contributed by atoms with van der Waals surface area (Å²) < 4.78 is 0. The number of aliphatic imine (C=N–C) groups is 1. The second-order valence-electron chi connectivity index (χ2n) is 5.21. The second-order valence-corrected chi connectivity index (χ2v) is 5.99. The highest BCUT2D eigenvalue weighted by atomic mass is 32.1. The smallest absolute Gasteiger partial charge is 0.241 e. The highest BCUT2D eigenvalue weighted by Gasteiger charge is 2.06. The molecule has 20 heavy (non-hydrogen) atoms. The van der Waals surface area contributed by atoms with Crippen LogP contribution in [0.15, 0.2) is 21.8 Å². The fourth-order valence-corrected chi connectivity index (χ4v) is 2.01. The lowest BCUT2D eigenvalue weighted by atomic mass is 10.2. The molecule has 1 rings (SSSR count). The van der Waals surface area contributed by atoms with Gasteiger partial charge in [-0.1, -0.05) is 13.8 Å². The maximum absolute atomic E-state index is 11.6. The average molecular weight is 296 g/mol. The minimum atomic E-state index is 0.0274. The van der Waals surface area contributed by atoms with Crippen molar-refractivity contribution in [1.29, 1.82) is 0 Å². The number of nitrogens with zero attached hydrogens (tertiary/aromatic N) is 2. The van der Waals surface area contributed by atoms with Crippen molar-refractivity contribution in [2.45, 2.75) is 20.4 Å². The third-order valence-corrected chi connectivity index (χ3v) is 3.32. The van der Waals surface area contributed by atoms with Crippen molar-refractivity contribution < 1.29 is 4.79 Å². The SMILES string of the molecule is CC(C)CNC(=NCc1ccsc1)NCC(=O)N(C)C. The van der Waals surface area contributed by atoms with Gasteiger partial charge in [-0.2, -0.15) is 11.3 Å². The molecule has 0 spiro atoms. The molecule has 0 fully saturated rings. The highest BCUT2D eigenvalue weighted by Crippen LogP contribution is 2.06. The summed E-state index contributed by atoms with van der Waals surface area (Å²) in [6.07, 6.45) is 0. The van der Waals surface area contributed by atoms with Gasteiger partial charge in [-0.3, -0.25) is 4.79 Å². The molecule has 6 heteroatoms. The third-order valence-electron chi connectivity index (χ3n) is 2.58. The number of nitrogens with one attached hydrogen (secondary N) is 2. The molecule has 0 radical (unpaired) electrons. The summed E-state index contributed by atoms with van der Waals surface area (Å²) in [5.41, 5.74) is 1.18. The molecule has 1 amide bonds. The minimum absolute atomic E-state index is 0.0274. The summed E-state index contributed by atoms with van der Waals surface area (Å²) >= 11 is 1.66. The molecule has 1 heterocycles. The number of thiophene rings is 1. The van der Waals surface area contributed by atoms with Crippen LogP contribution in [0.25, 0.3) is 0 Å². The van der Waals surface area contributed by atoms with E-state index in [0.717, 1.165) is 6.54 Å². The van der Waals surface area contributed by atoms with Gasteiger partial charge in [0.25, 0.3) is 0 Å². The van der Waals surface area contributed by atoms with Crippen LogP contribution in [-0.4, -0.2) is 44.0 Å². The Morgan fingerprint density at radius 3 is 2.70 bits per heavy atom. The molecule has 0 saturated heterocycles. The summed E-state index contributed by atoms with van der Waals surface area (Å²) in [6, 6.07) is 2.05. The van der Waals surface area contributed by atoms with Gasteiger partial charge in [0.2, 0.25) is 5.91 Å². The zero-order valence-electron chi connectivity index (χ0n) is 12.6. The standard InChI is InChI=1S/C14H24N4OS/c1-11(2)7-15-14(17-9-13(19)18(3)4)16-8-12-5-6-20-10-12/h5-6,10-11H,7-9H2,1-4H3,(H2,15,16,17). The number of amides is 1. The maximum atomic E-state index is 11.6. The first-order valence-corrected chi connectivity index (χ1v) is 7.66. The number of rotatable bonds is 6. The van der Waals surface area contributed by atoms with Gasteiger partial charge in [0.1, 0.15) is 0 Å². The molecule has 0 aliphatic heterocycles. The second kappa shape index (κ2) is 8.58. The number of hydrogen-bond donors (Lipinski definition) is 2. The topological polar surface area (TPSA) is 56.7 Å². The van der Waals surface area contributed by atoms with E-state index in [0.29, 0.717) is 18.4 Å². The molecule has 2 N–H and O–H groups in total. The van der Waals surface area contributed by atoms with Crippen molar-refractivity contribution in [3.63, 3.8) is 0 Å². The predicted molar refractivity (Wildman–Crippen MR) is 85.0 cm³/mol. The van der Waals surface area contributed by atoms with Crippen molar-refractivity contribution in [2.75, 3.05) is 27.2 Å². The Kier molecular flexibility index (Phi) is 7.08. The summed E-state index contributed by atoms with van der Waals surface area (Å²) in [6.45, 7) is 5.96. The Labute approximate surface area is 125 Å². The fraction of sp³-hybridized carbons (Fsp3) is 0.571. The molecule has 0 atom stereocenters. The first-order valence-electron chi connectivity index (χ1n) is 6.72. The quantitative estimate of drug-likeness (QED) is 0.618. The van der Waals surface area contributed by atoms with E-state index < -0.39 is 0 Å². The first-order chi connectivity index (χ1) is 9.49. The molecule has 0 bridgehead atoms. The minimum Gasteiger partial charge on any atom is -0.356 e.